The second-order valence-corrected chi connectivity index (χ2v) is 7.09. The molecule has 0 aromatic carbocycles. The van der Waals surface area contributed by atoms with Crippen LogP contribution in [0.25, 0.3) is 0 Å². The minimum atomic E-state index is -3.50. The summed E-state index contributed by atoms with van der Waals surface area (Å²) in [4.78, 5) is 23.6. The number of rotatable bonds is 3. The number of aliphatic carboxylic acids is 1. The Morgan fingerprint density at radius 3 is 2.06 bits per heavy atom. The summed E-state index contributed by atoms with van der Waals surface area (Å²) in [5, 5.41) is 8.64. The molecule has 0 aliphatic carbocycles. The molecule has 92 valence electrons. The van der Waals surface area contributed by atoms with Crippen molar-refractivity contribution >= 4 is 21.7 Å². The van der Waals surface area contributed by atoms with Crippen LogP contribution < -0.4 is 0 Å². The number of carboxylic acid groups (broad SMARTS) is 1. The molecule has 16 heavy (non-hydrogen) atoms. The van der Waals surface area contributed by atoms with E-state index in [2.05, 4.69) is 0 Å². The lowest BCUT2D eigenvalue weighted by atomic mass is 9.98. The molecule has 1 N–H and O–H groups in total. The van der Waals surface area contributed by atoms with E-state index in [0.717, 1.165) is 6.26 Å². The third kappa shape index (κ3) is 2.04. The van der Waals surface area contributed by atoms with E-state index in [1.54, 1.807) is 0 Å². The third-order valence-corrected chi connectivity index (χ3v) is 4.99. The van der Waals surface area contributed by atoms with Crippen molar-refractivity contribution < 1.29 is 23.1 Å². The van der Waals surface area contributed by atoms with Crippen LogP contribution in [-0.4, -0.2) is 54.4 Å². The molecule has 0 spiro atoms. The molecule has 0 saturated carbocycles. The van der Waals surface area contributed by atoms with E-state index >= 15 is 0 Å². The SMILES string of the molecule is CC(C)(C(=O)N1CC(C(=O)O)C1)S(C)(=O)=O. The van der Waals surface area contributed by atoms with Gasteiger partial charge in [0.2, 0.25) is 5.91 Å². The summed E-state index contributed by atoms with van der Waals surface area (Å²) >= 11 is 0. The van der Waals surface area contributed by atoms with Gasteiger partial charge >= 0.3 is 5.97 Å². The number of carbonyl (C=O) groups is 2. The van der Waals surface area contributed by atoms with Gasteiger partial charge in [-0.25, -0.2) is 8.42 Å². The van der Waals surface area contributed by atoms with Crippen LogP contribution in [0.5, 0.6) is 0 Å². The van der Waals surface area contributed by atoms with E-state index in [9.17, 15) is 18.0 Å². The fraction of sp³-hybridized carbons (Fsp3) is 0.778. The molecule has 0 aromatic heterocycles. The van der Waals surface area contributed by atoms with Gasteiger partial charge in [0.15, 0.2) is 9.84 Å². The highest BCUT2D eigenvalue weighted by Crippen LogP contribution is 2.24. The van der Waals surface area contributed by atoms with Crippen molar-refractivity contribution in [1.29, 1.82) is 0 Å². The van der Waals surface area contributed by atoms with Crippen molar-refractivity contribution in [1.82, 2.24) is 4.90 Å². The van der Waals surface area contributed by atoms with E-state index < -0.39 is 32.4 Å². The maximum Gasteiger partial charge on any atom is 0.310 e. The van der Waals surface area contributed by atoms with Crippen molar-refractivity contribution in [2.24, 2.45) is 5.92 Å². The summed E-state index contributed by atoms with van der Waals surface area (Å²) in [7, 11) is -3.50. The first-order valence-corrected chi connectivity index (χ1v) is 6.68. The van der Waals surface area contributed by atoms with Crippen LogP contribution in [0.2, 0.25) is 0 Å². The highest BCUT2D eigenvalue weighted by Gasteiger charge is 2.46. The first-order valence-electron chi connectivity index (χ1n) is 4.79. The van der Waals surface area contributed by atoms with E-state index in [1.807, 2.05) is 0 Å². The van der Waals surface area contributed by atoms with Crippen LogP contribution in [0.4, 0.5) is 0 Å². The Morgan fingerprint density at radius 2 is 1.75 bits per heavy atom. The first-order chi connectivity index (χ1) is 7.07. The summed E-state index contributed by atoms with van der Waals surface area (Å²) in [6.07, 6.45) is 0.999. The van der Waals surface area contributed by atoms with E-state index in [4.69, 9.17) is 5.11 Å². The van der Waals surface area contributed by atoms with Crippen molar-refractivity contribution in [3.05, 3.63) is 0 Å². The lowest BCUT2D eigenvalue weighted by molar-refractivity contribution is -0.153. The Labute approximate surface area is 94.2 Å². The largest absolute Gasteiger partial charge is 0.481 e. The molecule has 0 unspecified atom stereocenters. The molecule has 1 amide bonds. The molecule has 0 radical (unpaired) electrons. The fourth-order valence-corrected chi connectivity index (χ4v) is 1.79. The Balaban J connectivity index is 2.73. The molecule has 0 aromatic rings. The molecule has 1 aliphatic heterocycles. The predicted octanol–water partition coefficient (Wildman–Crippen LogP) is -0.647. The topological polar surface area (TPSA) is 91.8 Å². The van der Waals surface area contributed by atoms with Gasteiger partial charge in [-0.2, -0.15) is 0 Å². The van der Waals surface area contributed by atoms with Crippen LogP contribution in [-0.2, 0) is 19.4 Å². The van der Waals surface area contributed by atoms with Crippen LogP contribution in [0.3, 0.4) is 0 Å². The van der Waals surface area contributed by atoms with Crippen molar-refractivity contribution in [2.75, 3.05) is 19.3 Å². The van der Waals surface area contributed by atoms with Crippen LogP contribution in [0.1, 0.15) is 13.8 Å². The van der Waals surface area contributed by atoms with E-state index in [-0.39, 0.29) is 13.1 Å². The lowest BCUT2D eigenvalue weighted by Gasteiger charge is -2.40. The van der Waals surface area contributed by atoms with Crippen LogP contribution in [0.15, 0.2) is 0 Å². The molecular formula is C9H15NO5S. The zero-order chi connectivity index (χ0) is 12.7. The van der Waals surface area contributed by atoms with Gasteiger partial charge in [-0.3, -0.25) is 9.59 Å². The smallest absolute Gasteiger partial charge is 0.310 e. The second-order valence-electron chi connectivity index (χ2n) is 4.53. The monoisotopic (exact) mass is 249 g/mol. The minimum absolute atomic E-state index is 0.0904. The molecule has 0 atom stereocenters. The maximum atomic E-state index is 11.8. The van der Waals surface area contributed by atoms with Gasteiger partial charge in [0.1, 0.15) is 4.75 Å². The van der Waals surface area contributed by atoms with Gasteiger partial charge in [-0.15, -0.1) is 0 Å². The summed E-state index contributed by atoms with van der Waals surface area (Å²) < 4.78 is 21.3. The van der Waals surface area contributed by atoms with E-state index in [1.165, 1.54) is 18.7 Å². The Kier molecular flexibility index (Phi) is 3.02. The number of hydrogen-bond acceptors (Lipinski definition) is 4. The maximum absolute atomic E-state index is 11.8. The molecular weight excluding hydrogens is 234 g/mol. The number of nitrogens with zero attached hydrogens (tertiary/aromatic N) is 1. The van der Waals surface area contributed by atoms with Crippen LogP contribution in [0, 0.1) is 5.92 Å². The highest BCUT2D eigenvalue weighted by molar-refractivity contribution is 7.92. The normalized spacial score (nSPS) is 18.1. The Morgan fingerprint density at radius 1 is 1.31 bits per heavy atom. The van der Waals surface area contributed by atoms with Gasteiger partial charge in [-0.1, -0.05) is 0 Å². The molecule has 7 heteroatoms. The van der Waals surface area contributed by atoms with Crippen LogP contribution >= 0.6 is 0 Å². The van der Waals surface area contributed by atoms with Gasteiger partial charge in [0.05, 0.1) is 5.92 Å². The van der Waals surface area contributed by atoms with Gasteiger partial charge in [0, 0.05) is 19.3 Å². The van der Waals surface area contributed by atoms with Gasteiger partial charge < -0.3 is 10.0 Å². The Hall–Kier alpha value is -1.11. The third-order valence-electron chi connectivity index (χ3n) is 2.96. The fourth-order valence-electron chi connectivity index (χ4n) is 1.34. The molecule has 6 nitrogen and oxygen atoms in total. The number of amides is 1. The minimum Gasteiger partial charge on any atom is -0.481 e. The van der Waals surface area contributed by atoms with Gasteiger partial charge in [-0.05, 0) is 13.8 Å². The molecule has 1 heterocycles. The molecule has 1 fully saturated rings. The average Bonchev–Trinajstić information content (AvgIpc) is 1.97. The first kappa shape index (κ1) is 13.0. The lowest BCUT2D eigenvalue weighted by Crippen LogP contribution is -2.59. The standard InChI is InChI=1S/C9H15NO5S/c1-9(2,16(3,14)15)8(13)10-4-6(5-10)7(11)12/h6H,4-5H2,1-3H3,(H,11,12). The second kappa shape index (κ2) is 3.73. The number of sulfone groups is 1. The summed E-state index contributed by atoms with van der Waals surface area (Å²) in [6, 6.07) is 0. The van der Waals surface area contributed by atoms with Crippen molar-refractivity contribution in [2.45, 2.75) is 18.6 Å². The quantitative estimate of drug-likeness (QED) is 0.717. The number of hydrogen-bond donors (Lipinski definition) is 1. The molecule has 1 aliphatic rings. The zero-order valence-corrected chi connectivity index (χ0v) is 10.2. The molecule has 1 saturated heterocycles. The summed E-state index contributed by atoms with van der Waals surface area (Å²) in [5.74, 6) is -2.06. The van der Waals surface area contributed by atoms with E-state index in [0.29, 0.717) is 0 Å². The zero-order valence-electron chi connectivity index (χ0n) is 9.43. The number of likely N-dealkylation sites (tertiary alicyclic amines) is 1. The van der Waals surface area contributed by atoms with Crippen molar-refractivity contribution in [3.8, 4) is 0 Å². The molecule has 0 bridgehead atoms. The molecule has 1 rings (SSSR count). The average molecular weight is 249 g/mol. The Bertz CT molecular complexity index is 419. The highest BCUT2D eigenvalue weighted by atomic mass is 32.2. The van der Waals surface area contributed by atoms with Gasteiger partial charge in [0.25, 0.3) is 0 Å². The number of carboxylic acids is 1. The van der Waals surface area contributed by atoms with Crippen molar-refractivity contribution in [3.63, 3.8) is 0 Å². The predicted molar refractivity (Wildman–Crippen MR) is 56.6 cm³/mol. The summed E-state index contributed by atoms with van der Waals surface area (Å²) in [5.41, 5.74) is 0. The summed E-state index contributed by atoms with van der Waals surface area (Å²) in [6.45, 7) is 2.84. The number of carbonyl (C=O) groups excluding carboxylic acids is 1.